The van der Waals surface area contributed by atoms with Crippen LogP contribution in [0.4, 0.5) is 4.39 Å². The normalized spacial score (nSPS) is 24.2. The third kappa shape index (κ3) is 3.17. The molecule has 2 aliphatic heterocycles. The molecule has 4 nitrogen and oxygen atoms in total. The SMILES string of the molecule is CN1CCCC1N1CCCC1c1cccnc1C(=O)c1ccc(F)cc1. The van der Waals surface area contributed by atoms with Crippen molar-refractivity contribution in [3.8, 4) is 0 Å². The smallest absolute Gasteiger partial charge is 0.211 e. The van der Waals surface area contributed by atoms with Gasteiger partial charge in [-0.1, -0.05) is 6.07 Å². The van der Waals surface area contributed by atoms with Crippen molar-refractivity contribution in [3.05, 3.63) is 65.2 Å². The molecule has 0 amide bonds. The van der Waals surface area contributed by atoms with E-state index in [-0.39, 0.29) is 17.6 Å². The molecule has 0 saturated carbocycles. The Labute approximate surface area is 153 Å². The van der Waals surface area contributed by atoms with Gasteiger partial charge in [-0.3, -0.25) is 19.6 Å². The zero-order chi connectivity index (χ0) is 18.1. The average molecular weight is 353 g/mol. The molecule has 0 bridgehead atoms. The van der Waals surface area contributed by atoms with E-state index in [2.05, 4.69) is 21.8 Å². The van der Waals surface area contributed by atoms with E-state index in [1.807, 2.05) is 12.1 Å². The van der Waals surface area contributed by atoms with Crippen molar-refractivity contribution in [1.82, 2.24) is 14.8 Å². The summed E-state index contributed by atoms with van der Waals surface area (Å²) >= 11 is 0. The number of rotatable bonds is 4. The van der Waals surface area contributed by atoms with Crippen LogP contribution in [0.1, 0.15) is 53.3 Å². The van der Waals surface area contributed by atoms with Gasteiger partial charge < -0.3 is 0 Å². The number of aromatic nitrogens is 1. The van der Waals surface area contributed by atoms with E-state index in [9.17, 15) is 9.18 Å². The fourth-order valence-electron chi connectivity index (χ4n) is 4.41. The van der Waals surface area contributed by atoms with E-state index in [1.165, 1.54) is 37.1 Å². The number of pyridine rings is 1. The van der Waals surface area contributed by atoms with Crippen molar-refractivity contribution < 1.29 is 9.18 Å². The Kier molecular flexibility index (Phi) is 4.83. The van der Waals surface area contributed by atoms with Crippen molar-refractivity contribution in [1.29, 1.82) is 0 Å². The van der Waals surface area contributed by atoms with Gasteiger partial charge in [0.2, 0.25) is 5.78 Å². The van der Waals surface area contributed by atoms with E-state index in [1.54, 1.807) is 6.20 Å². The van der Waals surface area contributed by atoms with Crippen LogP contribution in [0.2, 0.25) is 0 Å². The van der Waals surface area contributed by atoms with E-state index >= 15 is 0 Å². The van der Waals surface area contributed by atoms with E-state index in [4.69, 9.17) is 0 Å². The second-order valence-corrected chi connectivity index (χ2v) is 7.28. The molecular weight excluding hydrogens is 329 g/mol. The summed E-state index contributed by atoms with van der Waals surface area (Å²) in [5.74, 6) is -0.471. The number of hydrogen-bond donors (Lipinski definition) is 0. The molecular formula is C21H24FN3O. The standard InChI is InChI=1S/C21H24FN3O/c1-24-13-4-7-19(24)25-14-3-6-18(25)17-5-2-12-23-20(17)21(26)15-8-10-16(22)11-9-15/h2,5,8-12,18-19H,3-4,6-7,13-14H2,1H3. The zero-order valence-corrected chi connectivity index (χ0v) is 15.1. The molecule has 2 unspecified atom stereocenters. The summed E-state index contributed by atoms with van der Waals surface area (Å²) in [4.78, 5) is 22.4. The lowest BCUT2D eigenvalue weighted by molar-refractivity contribution is 0.0804. The van der Waals surface area contributed by atoms with Crippen molar-refractivity contribution in [2.24, 2.45) is 0 Å². The van der Waals surface area contributed by atoms with Gasteiger partial charge in [0, 0.05) is 24.3 Å². The van der Waals surface area contributed by atoms with Crippen molar-refractivity contribution in [2.45, 2.75) is 37.9 Å². The third-order valence-corrected chi connectivity index (χ3v) is 5.68. The third-order valence-electron chi connectivity index (χ3n) is 5.68. The molecule has 2 saturated heterocycles. The summed E-state index contributed by atoms with van der Waals surface area (Å²) in [6, 6.07) is 9.87. The van der Waals surface area contributed by atoms with Crippen LogP contribution >= 0.6 is 0 Å². The van der Waals surface area contributed by atoms with Crippen LogP contribution in [-0.4, -0.2) is 46.9 Å². The molecule has 0 aliphatic carbocycles. The molecule has 0 spiro atoms. The van der Waals surface area contributed by atoms with Gasteiger partial charge in [0.1, 0.15) is 11.5 Å². The minimum absolute atomic E-state index is 0.132. The van der Waals surface area contributed by atoms with Crippen LogP contribution in [0.5, 0.6) is 0 Å². The summed E-state index contributed by atoms with van der Waals surface area (Å²) in [6.07, 6.45) is 6.68. The van der Waals surface area contributed by atoms with Gasteiger partial charge in [0.05, 0.1) is 6.17 Å². The molecule has 3 heterocycles. The Morgan fingerprint density at radius 2 is 1.88 bits per heavy atom. The highest BCUT2D eigenvalue weighted by Gasteiger charge is 2.37. The van der Waals surface area contributed by atoms with Gasteiger partial charge in [-0.15, -0.1) is 0 Å². The number of halogens is 1. The second kappa shape index (κ2) is 7.25. The largest absolute Gasteiger partial charge is 0.291 e. The molecule has 0 N–H and O–H groups in total. The molecule has 1 aromatic heterocycles. The molecule has 0 radical (unpaired) electrons. The van der Waals surface area contributed by atoms with Crippen molar-refractivity contribution in [3.63, 3.8) is 0 Å². The minimum Gasteiger partial charge on any atom is -0.291 e. The number of likely N-dealkylation sites (tertiary alicyclic amines) is 2. The molecule has 1 aromatic carbocycles. The van der Waals surface area contributed by atoms with Crippen LogP contribution in [0, 0.1) is 5.82 Å². The van der Waals surface area contributed by atoms with Gasteiger partial charge in [-0.25, -0.2) is 4.39 Å². The predicted octanol–water partition coefficient (Wildman–Crippen LogP) is 3.64. The van der Waals surface area contributed by atoms with E-state index < -0.39 is 0 Å². The molecule has 4 rings (SSSR count). The monoisotopic (exact) mass is 353 g/mol. The highest BCUT2D eigenvalue weighted by Crippen LogP contribution is 2.38. The number of carbonyl (C=O) groups excluding carboxylic acids is 1. The summed E-state index contributed by atoms with van der Waals surface area (Å²) in [5.41, 5.74) is 1.98. The minimum atomic E-state index is -0.339. The Hall–Kier alpha value is -2.11. The van der Waals surface area contributed by atoms with E-state index in [0.717, 1.165) is 31.5 Å². The summed E-state index contributed by atoms with van der Waals surface area (Å²) < 4.78 is 13.2. The van der Waals surface area contributed by atoms with Gasteiger partial charge in [-0.05, 0) is 75.2 Å². The number of carbonyl (C=O) groups is 1. The fraction of sp³-hybridized carbons (Fsp3) is 0.429. The van der Waals surface area contributed by atoms with Crippen molar-refractivity contribution >= 4 is 5.78 Å². The number of hydrogen-bond acceptors (Lipinski definition) is 4. The molecule has 136 valence electrons. The van der Waals surface area contributed by atoms with Gasteiger partial charge >= 0.3 is 0 Å². The average Bonchev–Trinajstić information content (AvgIpc) is 3.30. The lowest BCUT2D eigenvalue weighted by Gasteiger charge is -2.35. The Balaban J connectivity index is 1.67. The summed E-state index contributed by atoms with van der Waals surface area (Å²) in [6.45, 7) is 2.18. The van der Waals surface area contributed by atoms with Crippen LogP contribution < -0.4 is 0 Å². The topological polar surface area (TPSA) is 36.4 Å². The highest BCUT2D eigenvalue weighted by molar-refractivity contribution is 6.08. The van der Waals surface area contributed by atoms with Gasteiger partial charge in [-0.2, -0.15) is 0 Å². The van der Waals surface area contributed by atoms with Crippen LogP contribution in [0.15, 0.2) is 42.6 Å². The molecule has 26 heavy (non-hydrogen) atoms. The Bertz CT molecular complexity index is 792. The van der Waals surface area contributed by atoms with Crippen molar-refractivity contribution in [2.75, 3.05) is 20.1 Å². The van der Waals surface area contributed by atoms with Gasteiger partial charge in [0.15, 0.2) is 0 Å². The number of benzene rings is 1. The first kappa shape index (κ1) is 17.3. The molecule has 2 aromatic rings. The lowest BCUT2D eigenvalue weighted by Crippen LogP contribution is -2.42. The van der Waals surface area contributed by atoms with Crippen LogP contribution in [-0.2, 0) is 0 Å². The lowest BCUT2D eigenvalue weighted by atomic mass is 9.97. The first-order chi connectivity index (χ1) is 12.6. The first-order valence-electron chi connectivity index (χ1n) is 9.36. The quantitative estimate of drug-likeness (QED) is 0.787. The second-order valence-electron chi connectivity index (χ2n) is 7.28. The highest BCUT2D eigenvalue weighted by atomic mass is 19.1. The molecule has 5 heteroatoms. The maximum Gasteiger partial charge on any atom is 0.211 e. The number of nitrogens with zero attached hydrogens (tertiary/aromatic N) is 3. The van der Waals surface area contributed by atoms with Crippen LogP contribution in [0.3, 0.4) is 0 Å². The first-order valence-corrected chi connectivity index (χ1v) is 9.36. The van der Waals surface area contributed by atoms with Crippen LogP contribution in [0.25, 0.3) is 0 Å². The summed E-state index contributed by atoms with van der Waals surface area (Å²) in [5, 5.41) is 0. The molecule has 2 fully saturated rings. The molecule has 2 atom stereocenters. The zero-order valence-electron chi connectivity index (χ0n) is 15.1. The molecule has 2 aliphatic rings. The maximum absolute atomic E-state index is 13.2. The number of ketones is 1. The van der Waals surface area contributed by atoms with Gasteiger partial charge in [0.25, 0.3) is 0 Å². The predicted molar refractivity (Wildman–Crippen MR) is 98.4 cm³/mol. The Morgan fingerprint density at radius 1 is 1.12 bits per heavy atom. The fourth-order valence-corrected chi connectivity index (χ4v) is 4.41. The summed E-state index contributed by atoms with van der Waals surface area (Å²) in [7, 11) is 2.18. The Morgan fingerprint density at radius 3 is 2.62 bits per heavy atom. The maximum atomic E-state index is 13.2. The van der Waals surface area contributed by atoms with E-state index in [0.29, 0.717) is 17.4 Å².